The Morgan fingerprint density at radius 1 is 0.871 bits per heavy atom. The quantitative estimate of drug-likeness (QED) is 0.555. The fourth-order valence-electron chi connectivity index (χ4n) is 2.58. The first-order chi connectivity index (χ1) is 13.9. The highest BCUT2D eigenvalue weighted by atomic mass is 19.4. The zero-order valence-corrected chi connectivity index (χ0v) is 16.0. The summed E-state index contributed by atoms with van der Waals surface area (Å²) in [7, 11) is 0. The zero-order chi connectivity index (χ0) is 23.8. The lowest BCUT2D eigenvalue weighted by molar-refractivity contribution is -0.242. The Balaban J connectivity index is 2.50. The van der Waals surface area contributed by atoms with Crippen molar-refractivity contribution in [3.63, 3.8) is 0 Å². The van der Waals surface area contributed by atoms with Crippen LogP contribution in [0.5, 0.6) is 0 Å². The van der Waals surface area contributed by atoms with Crippen molar-refractivity contribution < 1.29 is 44.6 Å². The maximum atomic E-state index is 13.2. The number of anilines is 2. The summed E-state index contributed by atoms with van der Waals surface area (Å²) >= 11 is 0. The van der Waals surface area contributed by atoms with Gasteiger partial charge in [-0.3, -0.25) is 0 Å². The first-order valence-electron chi connectivity index (χ1n) is 8.86. The normalized spacial score (nSPS) is 22.5. The van der Waals surface area contributed by atoms with Gasteiger partial charge in [0.1, 0.15) is 12.1 Å². The molecule has 3 N–H and O–H groups in total. The van der Waals surface area contributed by atoms with E-state index in [4.69, 9.17) is 0 Å². The molecule has 15 heteroatoms. The highest BCUT2D eigenvalue weighted by molar-refractivity contribution is 5.64. The van der Waals surface area contributed by atoms with E-state index in [9.17, 15) is 44.6 Å². The number of alkyl halides is 9. The van der Waals surface area contributed by atoms with Crippen LogP contribution in [0.25, 0.3) is 5.57 Å². The average Bonchev–Trinajstić information content (AvgIpc) is 2.59. The lowest BCUT2D eigenvalue weighted by Crippen LogP contribution is -2.44. The number of aliphatic hydroxyl groups is 1. The molecule has 6 nitrogen and oxygen atoms in total. The van der Waals surface area contributed by atoms with Crippen molar-refractivity contribution in [2.45, 2.75) is 69.3 Å². The van der Waals surface area contributed by atoms with Crippen LogP contribution >= 0.6 is 0 Å². The van der Waals surface area contributed by atoms with E-state index in [1.54, 1.807) is 0 Å². The van der Waals surface area contributed by atoms with E-state index >= 15 is 0 Å². The molecular formula is C16H18F9N5O. The van der Waals surface area contributed by atoms with Crippen molar-refractivity contribution >= 4 is 17.5 Å². The first-order valence-corrected chi connectivity index (χ1v) is 8.86. The van der Waals surface area contributed by atoms with Crippen LogP contribution in [0.3, 0.4) is 0 Å². The van der Waals surface area contributed by atoms with Crippen LogP contribution < -0.4 is 10.6 Å². The maximum absolute atomic E-state index is 13.2. The van der Waals surface area contributed by atoms with E-state index in [1.807, 2.05) is 10.6 Å². The molecule has 1 aromatic rings. The molecule has 31 heavy (non-hydrogen) atoms. The van der Waals surface area contributed by atoms with Gasteiger partial charge in [0.2, 0.25) is 11.9 Å². The Morgan fingerprint density at radius 2 is 1.32 bits per heavy atom. The Morgan fingerprint density at radius 3 is 1.71 bits per heavy atom. The van der Waals surface area contributed by atoms with Crippen molar-refractivity contribution in [1.29, 1.82) is 0 Å². The molecule has 3 atom stereocenters. The summed E-state index contributed by atoms with van der Waals surface area (Å²) < 4.78 is 116. The number of hydrogen-bond donors (Lipinski definition) is 3. The number of nitrogens with one attached hydrogen (secondary N) is 2. The molecule has 1 heterocycles. The van der Waals surface area contributed by atoms with Gasteiger partial charge in [0, 0.05) is 0 Å². The topological polar surface area (TPSA) is 83.0 Å². The van der Waals surface area contributed by atoms with Crippen molar-refractivity contribution in [3.05, 3.63) is 11.9 Å². The molecule has 0 spiro atoms. The van der Waals surface area contributed by atoms with Gasteiger partial charge in [-0.05, 0) is 44.8 Å². The standard InChI is InChI=1S/C16H18F9N5O/c1-7(14(17,18)19)26-11-28-10(29-12(30-11)27-8(2)15(20,21)22)9-4-3-5-13(31,6-9)16(23,24)25/h6-8,31H,3-5H2,1-2H3,(H2,26,27,28,29,30). The lowest BCUT2D eigenvalue weighted by Gasteiger charge is -2.31. The van der Waals surface area contributed by atoms with Crippen LogP contribution in [-0.2, 0) is 0 Å². The van der Waals surface area contributed by atoms with Crippen LogP contribution in [-0.4, -0.2) is 56.3 Å². The second kappa shape index (κ2) is 8.31. The zero-order valence-electron chi connectivity index (χ0n) is 16.0. The molecule has 0 bridgehead atoms. The van der Waals surface area contributed by atoms with Gasteiger partial charge < -0.3 is 15.7 Å². The van der Waals surface area contributed by atoms with Crippen molar-refractivity contribution in [3.8, 4) is 0 Å². The molecule has 0 amide bonds. The van der Waals surface area contributed by atoms with E-state index < -0.39 is 60.4 Å². The van der Waals surface area contributed by atoms with Gasteiger partial charge in [0.25, 0.3) is 0 Å². The van der Waals surface area contributed by atoms with Crippen LogP contribution in [0.2, 0.25) is 0 Å². The van der Waals surface area contributed by atoms with Gasteiger partial charge in [-0.15, -0.1) is 0 Å². The third kappa shape index (κ3) is 6.11. The van der Waals surface area contributed by atoms with Gasteiger partial charge >= 0.3 is 18.5 Å². The molecule has 176 valence electrons. The monoisotopic (exact) mass is 467 g/mol. The Hall–Kier alpha value is -2.32. The van der Waals surface area contributed by atoms with E-state index in [1.165, 1.54) is 0 Å². The van der Waals surface area contributed by atoms with Gasteiger partial charge in [0.05, 0.1) is 0 Å². The summed E-state index contributed by atoms with van der Waals surface area (Å²) in [5.74, 6) is -2.19. The molecule has 1 aromatic heterocycles. The summed E-state index contributed by atoms with van der Waals surface area (Å²) in [5.41, 5.74) is -3.52. The minimum absolute atomic E-state index is 0.0923. The van der Waals surface area contributed by atoms with Crippen LogP contribution in [0.4, 0.5) is 51.4 Å². The maximum Gasteiger partial charge on any atom is 0.420 e. The van der Waals surface area contributed by atoms with E-state index in [-0.39, 0.29) is 18.4 Å². The summed E-state index contributed by atoms with van der Waals surface area (Å²) in [6.07, 6.45) is -15.1. The second-order valence-corrected chi connectivity index (χ2v) is 7.07. The molecule has 3 unspecified atom stereocenters. The second-order valence-electron chi connectivity index (χ2n) is 7.07. The van der Waals surface area contributed by atoms with Crippen LogP contribution in [0.1, 0.15) is 38.9 Å². The molecule has 0 fully saturated rings. The van der Waals surface area contributed by atoms with Gasteiger partial charge in [-0.2, -0.15) is 54.5 Å². The third-order valence-electron chi connectivity index (χ3n) is 4.50. The van der Waals surface area contributed by atoms with Gasteiger partial charge in [0.15, 0.2) is 11.4 Å². The van der Waals surface area contributed by atoms with E-state index in [2.05, 4.69) is 15.0 Å². The Bertz CT molecular complexity index is 781. The summed E-state index contributed by atoms with van der Waals surface area (Å²) in [5, 5.41) is 13.6. The van der Waals surface area contributed by atoms with E-state index in [0.29, 0.717) is 19.9 Å². The average molecular weight is 467 g/mol. The first kappa shape index (κ1) is 24.9. The fraction of sp³-hybridized carbons (Fsp3) is 0.688. The molecule has 0 saturated carbocycles. The van der Waals surface area contributed by atoms with Crippen molar-refractivity contribution in [2.24, 2.45) is 0 Å². The molecule has 2 rings (SSSR count). The van der Waals surface area contributed by atoms with Gasteiger partial charge in [-0.25, -0.2) is 0 Å². The van der Waals surface area contributed by atoms with Crippen LogP contribution in [0.15, 0.2) is 6.08 Å². The summed E-state index contributed by atoms with van der Waals surface area (Å²) in [6.45, 7) is 1.38. The smallest absolute Gasteiger partial charge is 0.377 e. The minimum Gasteiger partial charge on any atom is -0.377 e. The number of aromatic nitrogens is 3. The largest absolute Gasteiger partial charge is 0.420 e. The molecule has 0 radical (unpaired) electrons. The molecule has 0 aliphatic heterocycles. The molecular weight excluding hydrogens is 449 g/mol. The molecule has 0 aromatic carbocycles. The SMILES string of the molecule is CC(Nc1nc(NC(C)C(F)(F)F)nc(C2=CC(O)(C(F)(F)F)CCC2)n1)C(F)(F)F. The Kier molecular flexibility index (Phi) is 6.69. The number of rotatable bonds is 5. The number of halogens is 9. The predicted octanol–water partition coefficient (Wildman–Crippen LogP) is 4.46. The summed E-state index contributed by atoms with van der Waals surface area (Å²) in [4.78, 5) is 10.7. The van der Waals surface area contributed by atoms with Gasteiger partial charge in [-0.1, -0.05) is 0 Å². The fourth-order valence-corrected chi connectivity index (χ4v) is 2.58. The highest BCUT2D eigenvalue weighted by Crippen LogP contribution is 2.42. The number of hydrogen-bond acceptors (Lipinski definition) is 6. The third-order valence-corrected chi connectivity index (χ3v) is 4.50. The van der Waals surface area contributed by atoms with Crippen LogP contribution in [0, 0.1) is 0 Å². The van der Waals surface area contributed by atoms with Crippen molar-refractivity contribution in [2.75, 3.05) is 10.6 Å². The summed E-state index contributed by atoms with van der Waals surface area (Å²) in [6, 6.07) is -4.44. The van der Waals surface area contributed by atoms with E-state index in [0.717, 1.165) is 0 Å². The molecule has 0 saturated heterocycles. The highest BCUT2D eigenvalue weighted by Gasteiger charge is 2.53. The molecule has 1 aliphatic rings. The number of nitrogens with zero attached hydrogens (tertiary/aromatic N) is 3. The minimum atomic E-state index is -5.05. The predicted molar refractivity (Wildman–Crippen MR) is 90.9 cm³/mol. The lowest BCUT2D eigenvalue weighted by atomic mass is 9.86. The molecule has 1 aliphatic carbocycles. The Labute approximate surface area is 170 Å². The van der Waals surface area contributed by atoms with Crippen molar-refractivity contribution in [1.82, 2.24) is 15.0 Å². The number of allylic oxidation sites excluding steroid dienone is 1.